The number of esters is 2. The number of carbonyl (C=O) groups is 3. The summed E-state index contributed by atoms with van der Waals surface area (Å²) >= 11 is 0. The van der Waals surface area contributed by atoms with Crippen LogP contribution in [0, 0.1) is 0 Å². The fraction of sp³-hybridized carbons (Fsp3) is 0.659. The molecule has 2 unspecified atom stereocenters. The SMILES string of the molecule is CC/C=C/C/C=C/C/C=C/CCCCCCCCC(=O)OC(COCCC(C(=O)[O-])[N+](C)(C)C)COC(=O)CCCC/C=C/C/C=C/C/C=C/CC. The Kier molecular flexibility index (Phi) is 32.7. The Labute approximate surface area is 317 Å². The number of likely N-dealkylation sites (N-methyl/N-ethyl adjacent to an activating group) is 1. The molecule has 0 radical (unpaired) electrons. The van der Waals surface area contributed by atoms with Gasteiger partial charge in [-0.15, -0.1) is 0 Å². The minimum Gasteiger partial charge on any atom is -0.544 e. The molecule has 0 aromatic heterocycles. The fourth-order valence-corrected chi connectivity index (χ4v) is 5.27. The molecule has 8 nitrogen and oxygen atoms in total. The van der Waals surface area contributed by atoms with Crippen molar-refractivity contribution in [1.82, 2.24) is 0 Å². The first-order chi connectivity index (χ1) is 25.1. The van der Waals surface area contributed by atoms with Crippen molar-refractivity contribution >= 4 is 17.9 Å². The maximum Gasteiger partial charge on any atom is 0.306 e. The third-order valence-corrected chi connectivity index (χ3v) is 8.34. The highest BCUT2D eigenvalue weighted by Gasteiger charge is 2.25. The minimum absolute atomic E-state index is 0.0189. The van der Waals surface area contributed by atoms with Crippen LogP contribution in [-0.4, -0.2) is 75.5 Å². The molecule has 2 atom stereocenters. The number of carboxylic acids is 1. The summed E-state index contributed by atoms with van der Waals surface area (Å²) in [6.45, 7) is 4.35. The molecule has 296 valence electrons. The van der Waals surface area contributed by atoms with Crippen LogP contribution >= 0.6 is 0 Å². The van der Waals surface area contributed by atoms with Gasteiger partial charge in [0.05, 0.1) is 40.3 Å². The lowest BCUT2D eigenvalue weighted by Gasteiger charge is -2.34. The van der Waals surface area contributed by atoms with Crippen LogP contribution in [-0.2, 0) is 28.6 Å². The molecule has 0 saturated heterocycles. The van der Waals surface area contributed by atoms with Crippen molar-refractivity contribution in [3.8, 4) is 0 Å². The van der Waals surface area contributed by atoms with E-state index < -0.39 is 18.1 Å². The number of carbonyl (C=O) groups excluding carboxylic acids is 3. The van der Waals surface area contributed by atoms with Crippen molar-refractivity contribution in [3.63, 3.8) is 0 Å². The fourth-order valence-electron chi connectivity index (χ4n) is 5.27. The molecular weight excluding hydrogens is 654 g/mol. The van der Waals surface area contributed by atoms with Crippen LogP contribution in [0.5, 0.6) is 0 Å². The number of hydrogen-bond donors (Lipinski definition) is 0. The van der Waals surface area contributed by atoms with Crippen molar-refractivity contribution in [2.24, 2.45) is 0 Å². The van der Waals surface area contributed by atoms with Gasteiger partial charge in [-0.05, 0) is 77.0 Å². The molecule has 0 N–H and O–H groups in total. The summed E-state index contributed by atoms with van der Waals surface area (Å²) in [6, 6.07) is -0.736. The van der Waals surface area contributed by atoms with Gasteiger partial charge in [0.25, 0.3) is 0 Å². The molecule has 0 bridgehead atoms. The van der Waals surface area contributed by atoms with Crippen molar-refractivity contribution in [1.29, 1.82) is 0 Å². The Balaban J connectivity index is 4.48. The van der Waals surface area contributed by atoms with Crippen LogP contribution in [0.25, 0.3) is 0 Å². The second-order valence-electron chi connectivity index (χ2n) is 14.1. The van der Waals surface area contributed by atoms with Crippen LogP contribution in [0.4, 0.5) is 0 Å². The van der Waals surface area contributed by atoms with Gasteiger partial charge in [-0.2, -0.15) is 0 Å². The molecule has 0 aromatic carbocycles. The van der Waals surface area contributed by atoms with Gasteiger partial charge in [-0.3, -0.25) is 9.59 Å². The molecule has 52 heavy (non-hydrogen) atoms. The van der Waals surface area contributed by atoms with Gasteiger partial charge in [-0.1, -0.05) is 112 Å². The molecule has 0 aliphatic heterocycles. The lowest BCUT2D eigenvalue weighted by molar-refractivity contribution is -0.889. The monoisotopic (exact) mass is 728 g/mol. The molecule has 0 amide bonds. The second-order valence-corrected chi connectivity index (χ2v) is 14.1. The van der Waals surface area contributed by atoms with Crippen molar-refractivity contribution < 1.29 is 38.2 Å². The molecule has 0 aromatic rings. The first-order valence-electron chi connectivity index (χ1n) is 20.0. The number of allylic oxidation sites excluding steroid dienone is 12. The molecule has 0 rings (SSSR count). The quantitative estimate of drug-likeness (QED) is 0.0282. The van der Waals surface area contributed by atoms with E-state index in [1.165, 1.54) is 12.8 Å². The van der Waals surface area contributed by atoms with E-state index in [4.69, 9.17) is 14.2 Å². The van der Waals surface area contributed by atoms with Crippen LogP contribution in [0.3, 0.4) is 0 Å². The summed E-state index contributed by atoms with van der Waals surface area (Å²) in [5.74, 6) is -1.82. The van der Waals surface area contributed by atoms with Gasteiger partial charge >= 0.3 is 11.9 Å². The zero-order valence-corrected chi connectivity index (χ0v) is 33.4. The topological polar surface area (TPSA) is 102 Å². The number of ether oxygens (including phenoxy) is 3. The lowest BCUT2D eigenvalue weighted by Crippen LogP contribution is -2.55. The summed E-state index contributed by atoms with van der Waals surface area (Å²) < 4.78 is 17.0. The van der Waals surface area contributed by atoms with Gasteiger partial charge in [0.1, 0.15) is 12.6 Å². The van der Waals surface area contributed by atoms with Crippen LogP contribution in [0.15, 0.2) is 72.9 Å². The van der Waals surface area contributed by atoms with E-state index in [1.54, 1.807) is 21.1 Å². The molecule has 0 fully saturated rings. The number of carboxylic acid groups (broad SMARTS) is 1. The normalized spacial score (nSPS) is 13.8. The van der Waals surface area contributed by atoms with Gasteiger partial charge in [0, 0.05) is 19.3 Å². The van der Waals surface area contributed by atoms with Crippen molar-refractivity contribution in [2.75, 3.05) is 41.0 Å². The van der Waals surface area contributed by atoms with E-state index in [2.05, 4.69) is 86.8 Å². The number of unbranched alkanes of at least 4 members (excludes halogenated alkanes) is 8. The van der Waals surface area contributed by atoms with E-state index in [0.717, 1.165) is 83.5 Å². The Morgan fingerprint density at radius 2 is 1.02 bits per heavy atom. The number of quaternary nitrogens is 1. The Bertz CT molecular complexity index is 1080. The molecule has 8 heteroatoms. The number of rotatable bonds is 34. The Morgan fingerprint density at radius 1 is 0.577 bits per heavy atom. The highest BCUT2D eigenvalue weighted by atomic mass is 16.6. The van der Waals surface area contributed by atoms with Gasteiger partial charge in [0.15, 0.2) is 6.10 Å². The summed E-state index contributed by atoms with van der Waals surface area (Å²) in [7, 11) is 5.37. The van der Waals surface area contributed by atoms with Crippen LogP contribution in [0.2, 0.25) is 0 Å². The summed E-state index contributed by atoms with van der Waals surface area (Å²) in [5.41, 5.74) is 0. The minimum atomic E-state index is -1.14. The molecule has 0 aliphatic rings. The first kappa shape index (κ1) is 48.8. The predicted molar refractivity (Wildman–Crippen MR) is 212 cm³/mol. The van der Waals surface area contributed by atoms with Gasteiger partial charge in [0.2, 0.25) is 0 Å². The maximum atomic E-state index is 12.7. The zero-order chi connectivity index (χ0) is 38.5. The first-order valence-corrected chi connectivity index (χ1v) is 20.0. The van der Waals surface area contributed by atoms with Crippen LogP contribution < -0.4 is 5.11 Å². The average Bonchev–Trinajstić information content (AvgIpc) is 3.09. The molecular formula is C44H73NO7. The standard InChI is InChI=1S/C44H73NO7/c1-6-8-10-12-14-16-18-20-21-22-23-25-27-29-31-33-35-43(47)52-40(38-50-37-36-41(44(48)49)45(3,4)5)39-51-42(46)34-32-30-28-26-24-19-17-15-13-11-9-7-2/h8-11,14-17,20-21,24,26,40-41H,6-7,12-13,18-19,22-23,25,27-39H2,1-5H3/b10-8+,11-9+,16-14+,17-15+,21-20+,26-24+. The smallest absolute Gasteiger partial charge is 0.306 e. The average molecular weight is 728 g/mol. The van der Waals surface area contributed by atoms with Gasteiger partial charge < -0.3 is 28.6 Å². The van der Waals surface area contributed by atoms with E-state index >= 15 is 0 Å². The zero-order valence-electron chi connectivity index (χ0n) is 33.4. The van der Waals surface area contributed by atoms with E-state index in [0.29, 0.717) is 19.3 Å². The number of aliphatic carboxylic acids is 1. The predicted octanol–water partition coefficient (Wildman–Crippen LogP) is 9.07. The second kappa shape index (κ2) is 34.8. The molecule has 0 saturated carbocycles. The van der Waals surface area contributed by atoms with Gasteiger partial charge in [-0.25, -0.2) is 0 Å². The van der Waals surface area contributed by atoms with E-state index in [9.17, 15) is 19.5 Å². The molecule has 0 heterocycles. The molecule has 0 aliphatic carbocycles. The summed E-state index contributed by atoms with van der Waals surface area (Å²) in [6.07, 6.45) is 42.2. The lowest BCUT2D eigenvalue weighted by atomic mass is 10.1. The summed E-state index contributed by atoms with van der Waals surface area (Å²) in [4.78, 5) is 36.7. The van der Waals surface area contributed by atoms with E-state index in [1.807, 2.05) is 0 Å². The highest BCUT2D eigenvalue weighted by Crippen LogP contribution is 2.12. The molecule has 0 spiro atoms. The Hall–Kier alpha value is -3.23. The third kappa shape index (κ3) is 32.7. The summed E-state index contributed by atoms with van der Waals surface area (Å²) in [5, 5.41) is 11.6. The number of hydrogen-bond acceptors (Lipinski definition) is 7. The van der Waals surface area contributed by atoms with E-state index in [-0.39, 0.29) is 42.7 Å². The van der Waals surface area contributed by atoms with Crippen LogP contribution in [0.1, 0.15) is 136 Å². The largest absolute Gasteiger partial charge is 0.544 e. The number of nitrogens with zero attached hydrogens (tertiary/aromatic N) is 1. The Morgan fingerprint density at radius 3 is 1.54 bits per heavy atom. The van der Waals surface area contributed by atoms with Crippen molar-refractivity contribution in [3.05, 3.63) is 72.9 Å². The van der Waals surface area contributed by atoms with Crippen molar-refractivity contribution in [2.45, 2.75) is 148 Å². The highest BCUT2D eigenvalue weighted by molar-refractivity contribution is 5.70. The third-order valence-electron chi connectivity index (χ3n) is 8.34. The maximum absolute atomic E-state index is 12.7.